The fourth-order valence-electron chi connectivity index (χ4n) is 4.18. The standard InChI is InChI=1S/C19H20Br2N4O5/c1-24-19(29)25(23-22-24)6-7-30-18-12(20)5-4-11(14(18)21)17(28)13-15(26)9-2-3-10(8-9)16(13)27/h4-5,9-10,13,22-23H,2-3,6-8H2,1H3. The lowest BCUT2D eigenvalue weighted by molar-refractivity contribution is -0.137. The van der Waals surface area contributed by atoms with E-state index in [-0.39, 0.29) is 48.1 Å². The molecule has 11 heteroatoms. The first kappa shape index (κ1) is 21.4. The number of ether oxygens (including phenoxy) is 1. The van der Waals surface area contributed by atoms with E-state index in [0.29, 0.717) is 34.0 Å². The van der Waals surface area contributed by atoms with E-state index in [1.807, 2.05) is 0 Å². The predicted molar refractivity (Wildman–Crippen MR) is 112 cm³/mol. The van der Waals surface area contributed by atoms with Gasteiger partial charge in [0.15, 0.2) is 17.3 Å². The maximum Gasteiger partial charge on any atom is 0.350 e. The molecule has 2 amide bonds. The van der Waals surface area contributed by atoms with Gasteiger partial charge in [-0.1, -0.05) is 0 Å². The minimum Gasteiger partial charge on any atom is -0.489 e. The van der Waals surface area contributed by atoms with Gasteiger partial charge in [-0.05, 0) is 63.3 Å². The van der Waals surface area contributed by atoms with Crippen molar-refractivity contribution >= 4 is 55.2 Å². The Morgan fingerprint density at radius 2 is 1.80 bits per heavy atom. The molecular formula is C19H20Br2N4O5. The summed E-state index contributed by atoms with van der Waals surface area (Å²) in [6, 6.07) is 2.96. The van der Waals surface area contributed by atoms with Crippen LogP contribution in [0.1, 0.15) is 29.6 Å². The summed E-state index contributed by atoms with van der Waals surface area (Å²) in [6.07, 6.45) is 1.94. The van der Waals surface area contributed by atoms with E-state index in [1.54, 1.807) is 19.2 Å². The lowest BCUT2D eigenvalue weighted by Gasteiger charge is -2.25. The van der Waals surface area contributed by atoms with Gasteiger partial charge in [-0.3, -0.25) is 14.4 Å². The van der Waals surface area contributed by atoms with Crippen LogP contribution < -0.4 is 15.8 Å². The Kier molecular flexibility index (Phi) is 5.97. The summed E-state index contributed by atoms with van der Waals surface area (Å²) in [7, 11) is 1.58. The molecule has 4 rings (SSSR count). The number of hydrogen-bond acceptors (Lipinski definition) is 7. The van der Waals surface area contributed by atoms with Gasteiger partial charge in [0.1, 0.15) is 18.3 Å². The number of nitrogens with zero attached hydrogens (tertiary/aromatic N) is 2. The number of nitrogens with one attached hydrogen (secondary N) is 2. The van der Waals surface area contributed by atoms with Crippen LogP contribution in [-0.2, 0) is 9.59 Å². The van der Waals surface area contributed by atoms with Crippen molar-refractivity contribution < 1.29 is 23.9 Å². The molecule has 2 saturated carbocycles. The minimum atomic E-state index is -1.23. The molecule has 2 atom stereocenters. The highest BCUT2D eigenvalue weighted by Gasteiger charge is 2.50. The van der Waals surface area contributed by atoms with Crippen LogP contribution in [0.25, 0.3) is 0 Å². The summed E-state index contributed by atoms with van der Waals surface area (Å²) in [4.78, 5) is 50.4. The number of fused-ring (bicyclic) bond motifs is 2. The Labute approximate surface area is 189 Å². The smallest absolute Gasteiger partial charge is 0.350 e. The normalized spacial score (nSPS) is 26.0. The quantitative estimate of drug-likeness (QED) is 0.418. The second kappa shape index (κ2) is 8.37. The van der Waals surface area contributed by atoms with Gasteiger partial charge < -0.3 is 4.74 Å². The van der Waals surface area contributed by atoms with E-state index in [4.69, 9.17) is 4.74 Å². The molecule has 1 aromatic carbocycles. The Bertz CT molecular complexity index is 918. The summed E-state index contributed by atoms with van der Waals surface area (Å²) in [6.45, 7) is 0.394. The zero-order valence-electron chi connectivity index (χ0n) is 16.1. The van der Waals surface area contributed by atoms with Crippen LogP contribution in [0.4, 0.5) is 4.79 Å². The molecule has 1 aromatic rings. The maximum atomic E-state index is 13.2. The summed E-state index contributed by atoms with van der Waals surface area (Å²) in [5.41, 5.74) is 5.58. The van der Waals surface area contributed by atoms with Gasteiger partial charge >= 0.3 is 6.03 Å². The monoisotopic (exact) mass is 542 g/mol. The number of ketones is 3. The molecule has 9 nitrogen and oxygen atoms in total. The van der Waals surface area contributed by atoms with Crippen molar-refractivity contribution in [1.82, 2.24) is 21.1 Å². The number of rotatable bonds is 6. The Morgan fingerprint density at radius 3 is 2.40 bits per heavy atom. The summed E-state index contributed by atoms with van der Waals surface area (Å²) >= 11 is 6.80. The molecule has 0 spiro atoms. The van der Waals surface area contributed by atoms with Crippen molar-refractivity contribution in [2.75, 3.05) is 20.2 Å². The Morgan fingerprint density at radius 1 is 1.13 bits per heavy atom. The molecule has 2 bridgehead atoms. The molecule has 160 valence electrons. The van der Waals surface area contributed by atoms with Gasteiger partial charge in [-0.25, -0.2) is 14.8 Å². The summed E-state index contributed by atoms with van der Waals surface area (Å²) < 4.78 is 6.78. The van der Waals surface area contributed by atoms with E-state index < -0.39 is 11.7 Å². The number of hydrazine groups is 3. The first-order chi connectivity index (χ1) is 14.3. The highest BCUT2D eigenvalue weighted by atomic mass is 79.9. The number of amides is 2. The predicted octanol–water partition coefficient (Wildman–Crippen LogP) is 2.25. The van der Waals surface area contributed by atoms with Gasteiger partial charge in [-0.15, -0.1) is 11.1 Å². The van der Waals surface area contributed by atoms with Crippen molar-refractivity contribution in [3.05, 3.63) is 26.6 Å². The van der Waals surface area contributed by atoms with Crippen molar-refractivity contribution in [3.8, 4) is 5.75 Å². The number of hydrogen-bond donors (Lipinski definition) is 2. The highest BCUT2D eigenvalue weighted by Crippen LogP contribution is 2.43. The number of halogens is 2. The van der Waals surface area contributed by atoms with E-state index in [2.05, 4.69) is 42.9 Å². The molecule has 2 aliphatic carbocycles. The molecule has 0 radical (unpaired) electrons. The molecule has 3 fully saturated rings. The topological polar surface area (TPSA) is 108 Å². The third kappa shape index (κ3) is 3.68. The Hall–Kier alpha value is -1.82. The van der Waals surface area contributed by atoms with Gasteiger partial charge in [0.05, 0.1) is 15.5 Å². The van der Waals surface area contributed by atoms with Crippen molar-refractivity contribution in [3.63, 3.8) is 0 Å². The third-order valence-corrected chi connectivity index (χ3v) is 7.23. The summed E-state index contributed by atoms with van der Waals surface area (Å²) in [5, 5.41) is 2.63. The number of carbonyl (C=O) groups is 4. The van der Waals surface area contributed by atoms with Crippen LogP contribution in [0.2, 0.25) is 0 Å². The first-order valence-electron chi connectivity index (χ1n) is 9.58. The molecular weight excluding hydrogens is 524 g/mol. The zero-order valence-corrected chi connectivity index (χ0v) is 19.3. The lowest BCUT2D eigenvalue weighted by Crippen LogP contribution is -2.41. The second-order valence-electron chi connectivity index (χ2n) is 7.61. The van der Waals surface area contributed by atoms with Crippen LogP contribution in [0.5, 0.6) is 5.75 Å². The van der Waals surface area contributed by atoms with E-state index in [1.165, 1.54) is 10.0 Å². The number of urea groups is 1. The highest BCUT2D eigenvalue weighted by molar-refractivity contribution is 9.11. The fraction of sp³-hybridized carbons (Fsp3) is 0.474. The third-order valence-electron chi connectivity index (χ3n) is 5.81. The van der Waals surface area contributed by atoms with E-state index >= 15 is 0 Å². The van der Waals surface area contributed by atoms with Crippen molar-refractivity contribution in [2.24, 2.45) is 17.8 Å². The molecule has 1 saturated heterocycles. The van der Waals surface area contributed by atoms with Crippen LogP contribution in [0.3, 0.4) is 0 Å². The fourth-order valence-corrected chi connectivity index (χ4v) is 5.55. The number of benzene rings is 1. The van der Waals surface area contributed by atoms with Crippen molar-refractivity contribution in [2.45, 2.75) is 19.3 Å². The van der Waals surface area contributed by atoms with E-state index in [0.717, 1.165) is 0 Å². The molecule has 0 aromatic heterocycles. The lowest BCUT2D eigenvalue weighted by atomic mass is 9.75. The van der Waals surface area contributed by atoms with Crippen LogP contribution >= 0.6 is 31.9 Å². The zero-order chi connectivity index (χ0) is 21.6. The summed E-state index contributed by atoms with van der Waals surface area (Å²) in [5.74, 6) is -2.25. The molecule has 3 aliphatic rings. The molecule has 2 unspecified atom stereocenters. The van der Waals surface area contributed by atoms with Gasteiger partial charge in [-0.2, -0.15) is 0 Å². The van der Waals surface area contributed by atoms with Crippen LogP contribution in [0.15, 0.2) is 21.1 Å². The largest absolute Gasteiger partial charge is 0.489 e. The van der Waals surface area contributed by atoms with Crippen LogP contribution in [-0.4, -0.2) is 53.6 Å². The Balaban J connectivity index is 1.51. The maximum absolute atomic E-state index is 13.2. The number of Topliss-reactive ketones (excluding diaryl/α,β-unsaturated/α-hetero) is 3. The molecule has 1 heterocycles. The second-order valence-corrected chi connectivity index (χ2v) is 9.26. The van der Waals surface area contributed by atoms with E-state index in [9.17, 15) is 19.2 Å². The molecule has 2 N–H and O–H groups in total. The van der Waals surface area contributed by atoms with Crippen molar-refractivity contribution in [1.29, 1.82) is 0 Å². The SMILES string of the molecule is CN1NNN(CCOc2c(Br)ccc(C(=O)C3C(=O)C4CCC(C4)C3=O)c2Br)C1=O. The number of carbonyl (C=O) groups excluding carboxylic acids is 4. The van der Waals surface area contributed by atoms with Gasteiger partial charge in [0.25, 0.3) is 0 Å². The average molecular weight is 544 g/mol. The molecule has 1 aliphatic heterocycles. The van der Waals surface area contributed by atoms with Gasteiger partial charge in [0, 0.05) is 24.4 Å². The van der Waals surface area contributed by atoms with Crippen LogP contribution in [0, 0.1) is 17.8 Å². The first-order valence-corrected chi connectivity index (χ1v) is 11.2. The molecule has 30 heavy (non-hydrogen) atoms. The van der Waals surface area contributed by atoms with Gasteiger partial charge in [0.2, 0.25) is 0 Å². The minimum absolute atomic E-state index is 0.147. The average Bonchev–Trinajstić information content (AvgIpc) is 3.30.